The van der Waals surface area contributed by atoms with Crippen molar-refractivity contribution in [3.8, 4) is 0 Å². The number of anilines is 1. The first kappa shape index (κ1) is 13.5. The molecule has 1 atom stereocenters. The van der Waals surface area contributed by atoms with Crippen LogP contribution in [-0.4, -0.2) is 17.9 Å². The van der Waals surface area contributed by atoms with Gasteiger partial charge in [-0.25, -0.2) is 0 Å². The van der Waals surface area contributed by atoms with Gasteiger partial charge in [0.05, 0.1) is 16.6 Å². The van der Waals surface area contributed by atoms with Crippen molar-refractivity contribution in [2.45, 2.75) is 19.4 Å². The summed E-state index contributed by atoms with van der Waals surface area (Å²) in [4.78, 5) is 22.4. The molecule has 0 aliphatic heterocycles. The highest BCUT2D eigenvalue weighted by Crippen LogP contribution is 2.20. The predicted octanol–water partition coefficient (Wildman–Crippen LogP) is 1.11. The minimum Gasteiger partial charge on any atom is -0.366 e. The van der Waals surface area contributed by atoms with E-state index in [2.05, 4.69) is 5.32 Å². The highest BCUT2D eigenvalue weighted by atomic mass is 35.5. The largest absolute Gasteiger partial charge is 0.366 e. The number of halogens is 1. The maximum atomic E-state index is 11.5. The Labute approximate surface area is 104 Å². The van der Waals surface area contributed by atoms with Crippen molar-refractivity contribution < 1.29 is 9.59 Å². The van der Waals surface area contributed by atoms with E-state index in [1.807, 2.05) is 6.92 Å². The molecule has 1 aromatic rings. The Morgan fingerprint density at radius 2 is 2.12 bits per heavy atom. The minimum atomic E-state index is -0.613. The van der Waals surface area contributed by atoms with Crippen LogP contribution in [0.25, 0.3) is 0 Å². The van der Waals surface area contributed by atoms with Crippen molar-refractivity contribution in [1.29, 1.82) is 0 Å². The first-order valence-corrected chi connectivity index (χ1v) is 5.49. The predicted molar refractivity (Wildman–Crippen MR) is 66.9 cm³/mol. The van der Waals surface area contributed by atoms with E-state index in [0.29, 0.717) is 12.1 Å². The number of carbonyl (C=O) groups is 2. The Morgan fingerprint density at radius 3 is 2.59 bits per heavy atom. The minimum absolute atomic E-state index is 0.195. The van der Waals surface area contributed by atoms with Gasteiger partial charge in [0.25, 0.3) is 0 Å². The van der Waals surface area contributed by atoms with Crippen LogP contribution in [0.4, 0.5) is 5.69 Å². The monoisotopic (exact) mass is 255 g/mol. The molecule has 2 amide bonds. The van der Waals surface area contributed by atoms with Gasteiger partial charge in [-0.15, -0.1) is 0 Å². The van der Waals surface area contributed by atoms with Crippen LogP contribution in [0.3, 0.4) is 0 Å². The Hall–Kier alpha value is -1.59. The zero-order valence-electron chi connectivity index (χ0n) is 9.37. The van der Waals surface area contributed by atoms with E-state index in [-0.39, 0.29) is 16.5 Å². The summed E-state index contributed by atoms with van der Waals surface area (Å²) in [5.74, 6) is -0.909. The van der Waals surface area contributed by atoms with E-state index in [0.717, 1.165) is 0 Å². The zero-order valence-corrected chi connectivity index (χ0v) is 10.1. The molecule has 5 N–H and O–H groups in total. The van der Waals surface area contributed by atoms with Crippen LogP contribution >= 0.6 is 11.6 Å². The van der Waals surface area contributed by atoms with Crippen LogP contribution in [0.1, 0.15) is 23.7 Å². The van der Waals surface area contributed by atoms with Gasteiger partial charge in [-0.1, -0.05) is 18.5 Å². The summed E-state index contributed by atoms with van der Waals surface area (Å²) in [7, 11) is 0. The third-order valence-electron chi connectivity index (χ3n) is 2.28. The van der Waals surface area contributed by atoms with Crippen LogP contribution in [0, 0.1) is 0 Å². The summed E-state index contributed by atoms with van der Waals surface area (Å²) in [6.45, 7) is 1.81. The number of primary amides is 1. The number of carbonyl (C=O) groups excluding carboxylic acids is 2. The molecule has 0 unspecified atom stereocenters. The van der Waals surface area contributed by atoms with Gasteiger partial charge in [0.1, 0.15) is 0 Å². The lowest BCUT2D eigenvalue weighted by molar-refractivity contribution is -0.117. The second kappa shape index (κ2) is 5.65. The maximum absolute atomic E-state index is 11.5. The molecule has 0 spiro atoms. The van der Waals surface area contributed by atoms with Crippen LogP contribution in [0.2, 0.25) is 5.02 Å². The van der Waals surface area contributed by atoms with Crippen molar-refractivity contribution in [2.75, 3.05) is 5.32 Å². The molecule has 1 rings (SSSR count). The van der Waals surface area contributed by atoms with E-state index in [4.69, 9.17) is 23.1 Å². The fourth-order valence-corrected chi connectivity index (χ4v) is 1.49. The number of benzene rings is 1. The number of hydrogen-bond donors (Lipinski definition) is 3. The van der Waals surface area contributed by atoms with Gasteiger partial charge in [-0.2, -0.15) is 0 Å². The van der Waals surface area contributed by atoms with Crippen molar-refractivity contribution in [3.63, 3.8) is 0 Å². The summed E-state index contributed by atoms with van der Waals surface area (Å²) < 4.78 is 0. The van der Waals surface area contributed by atoms with Crippen LogP contribution in [-0.2, 0) is 4.79 Å². The maximum Gasteiger partial charge on any atom is 0.250 e. The lowest BCUT2D eigenvalue weighted by Gasteiger charge is -2.10. The molecular formula is C11H14ClN3O2. The number of amides is 2. The molecule has 0 aliphatic carbocycles. The average molecular weight is 256 g/mol. The molecule has 1 aromatic carbocycles. The third kappa shape index (κ3) is 3.44. The first-order valence-electron chi connectivity index (χ1n) is 5.11. The van der Waals surface area contributed by atoms with Crippen LogP contribution < -0.4 is 16.8 Å². The fraction of sp³-hybridized carbons (Fsp3) is 0.273. The van der Waals surface area contributed by atoms with E-state index < -0.39 is 11.9 Å². The Morgan fingerprint density at radius 1 is 1.47 bits per heavy atom. The van der Waals surface area contributed by atoms with Gasteiger partial charge < -0.3 is 16.8 Å². The van der Waals surface area contributed by atoms with E-state index >= 15 is 0 Å². The smallest absolute Gasteiger partial charge is 0.250 e. The fourth-order valence-electron chi connectivity index (χ4n) is 1.21. The molecule has 0 fully saturated rings. The molecule has 6 heteroatoms. The normalized spacial score (nSPS) is 11.9. The Kier molecular flexibility index (Phi) is 4.48. The number of nitrogens with two attached hydrogens (primary N) is 2. The quantitative estimate of drug-likeness (QED) is 0.752. The highest BCUT2D eigenvalue weighted by Gasteiger charge is 2.12. The molecule has 0 aromatic heterocycles. The van der Waals surface area contributed by atoms with Crippen molar-refractivity contribution in [2.24, 2.45) is 11.5 Å². The SMILES string of the molecule is CC[C@@H](N)C(=O)Nc1ccc(C(N)=O)c(Cl)c1. The first-order chi connectivity index (χ1) is 7.95. The van der Waals surface area contributed by atoms with Gasteiger partial charge in [0.15, 0.2) is 0 Å². The van der Waals surface area contributed by atoms with Crippen molar-refractivity contribution >= 4 is 29.1 Å². The summed E-state index contributed by atoms with van der Waals surface area (Å²) in [6, 6.07) is 3.90. The van der Waals surface area contributed by atoms with Gasteiger partial charge in [-0.3, -0.25) is 9.59 Å². The van der Waals surface area contributed by atoms with Crippen molar-refractivity contribution in [1.82, 2.24) is 0 Å². The summed E-state index contributed by atoms with van der Waals surface area (Å²) in [5.41, 5.74) is 11.4. The van der Waals surface area contributed by atoms with Gasteiger partial charge in [0.2, 0.25) is 11.8 Å². The topological polar surface area (TPSA) is 98.2 Å². The summed E-state index contributed by atoms with van der Waals surface area (Å²) >= 11 is 5.84. The van der Waals surface area contributed by atoms with Gasteiger partial charge >= 0.3 is 0 Å². The van der Waals surface area contributed by atoms with Crippen molar-refractivity contribution in [3.05, 3.63) is 28.8 Å². The number of hydrogen-bond acceptors (Lipinski definition) is 3. The van der Waals surface area contributed by atoms with Crippen LogP contribution in [0.5, 0.6) is 0 Å². The molecule has 0 bridgehead atoms. The Bertz CT molecular complexity index is 448. The highest BCUT2D eigenvalue weighted by molar-refractivity contribution is 6.34. The number of rotatable bonds is 4. The van der Waals surface area contributed by atoms with Gasteiger partial charge in [0, 0.05) is 5.69 Å². The van der Waals surface area contributed by atoms with E-state index in [9.17, 15) is 9.59 Å². The molecule has 0 radical (unpaired) electrons. The lowest BCUT2D eigenvalue weighted by atomic mass is 10.2. The molecule has 5 nitrogen and oxygen atoms in total. The third-order valence-corrected chi connectivity index (χ3v) is 2.59. The second-order valence-electron chi connectivity index (χ2n) is 3.56. The summed E-state index contributed by atoms with van der Waals surface area (Å²) in [6.07, 6.45) is 0.541. The lowest BCUT2D eigenvalue weighted by Crippen LogP contribution is -2.34. The standard InChI is InChI=1S/C11H14ClN3O2/c1-2-9(13)11(17)15-6-3-4-7(10(14)16)8(12)5-6/h3-5,9H,2,13H2,1H3,(H2,14,16)(H,15,17)/t9-/m1/s1. The molecule has 17 heavy (non-hydrogen) atoms. The second-order valence-corrected chi connectivity index (χ2v) is 3.97. The molecular weight excluding hydrogens is 242 g/mol. The molecule has 0 heterocycles. The van der Waals surface area contributed by atoms with Gasteiger partial charge in [-0.05, 0) is 24.6 Å². The van der Waals surface area contributed by atoms with E-state index in [1.165, 1.54) is 12.1 Å². The Balaban J connectivity index is 2.84. The number of nitrogens with one attached hydrogen (secondary N) is 1. The average Bonchev–Trinajstić information content (AvgIpc) is 2.27. The zero-order chi connectivity index (χ0) is 13.0. The molecule has 0 saturated carbocycles. The molecule has 92 valence electrons. The summed E-state index contributed by atoms with van der Waals surface area (Å²) in [5, 5.41) is 2.79. The molecule has 0 aliphatic rings. The molecule has 0 saturated heterocycles. The van der Waals surface area contributed by atoms with E-state index in [1.54, 1.807) is 6.07 Å². The van der Waals surface area contributed by atoms with Crippen LogP contribution in [0.15, 0.2) is 18.2 Å².